The van der Waals surface area contributed by atoms with Gasteiger partial charge in [0.05, 0.1) is 19.3 Å². The average Bonchev–Trinajstić information content (AvgIpc) is 2.17. The Hall–Kier alpha value is -0.720. The Balaban J connectivity index is 2.78. The Labute approximate surface area is 89.8 Å². The van der Waals surface area contributed by atoms with Crippen molar-refractivity contribution in [2.24, 2.45) is 0 Å². The van der Waals surface area contributed by atoms with Gasteiger partial charge in [-0.05, 0) is 11.6 Å². The normalized spacial score (nSPS) is 11.7. The molecule has 1 aromatic carbocycles. The molecule has 0 aliphatic heterocycles. The minimum atomic E-state index is -4.35. The van der Waals surface area contributed by atoms with E-state index in [-0.39, 0.29) is 12.2 Å². The minimum absolute atomic E-state index is 0.0922. The first kappa shape index (κ1) is 12.4. The van der Waals surface area contributed by atoms with E-state index in [4.69, 9.17) is 4.18 Å². The van der Waals surface area contributed by atoms with Crippen molar-refractivity contribution in [3.8, 4) is 0 Å². The smallest absolute Gasteiger partial charge is 0.295 e. The molecule has 1 aromatic rings. The highest BCUT2D eigenvalue weighted by molar-refractivity contribution is 7.89. The van der Waals surface area contributed by atoms with Gasteiger partial charge in [0.1, 0.15) is 0 Å². The van der Waals surface area contributed by atoms with Crippen LogP contribution in [0.15, 0.2) is 24.3 Å². The number of benzene rings is 1. The van der Waals surface area contributed by atoms with E-state index in [1.54, 1.807) is 0 Å². The van der Waals surface area contributed by atoms with Crippen molar-refractivity contribution in [3.05, 3.63) is 35.4 Å². The van der Waals surface area contributed by atoms with Crippen LogP contribution in [0.1, 0.15) is 11.1 Å². The molecule has 0 aliphatic carbocycles. The molecular formula is C9H9F3O2S. The lowest BCUT2D eigenvalue weighted by Crippen LogP contribution is -2.09. The molecule has 0 saturated heterocycles. The molecule has 0 aliphatic rings. The van der Waals surface area contributed by atoms with E-state index in [1.807, 2.05) is 0 Å². The lowest BCUT2D eigenvalue weighted by Gasteiger charge is -2.11. The van der Waals surface area contributed by atoms with Gasteiger partial charge in [-0.1, -0.05) is 18.2 Å². The van der Waals surface area contributed by atoms with Crippen LogP contribution in [0, 0.1) is 0 Å². The Morgan fingerprint density at radius 3 is 2.53 bits per heavy atom. The zero-order valence-corrected chi connectivity index (χ0v) is 8.69. The molecule has 0 bridgehead atoms. The summed E-state index contributed by atoms with van der Waals surface area (Å²) < 4.78 is 46.7. The summed E-state index contributed by atoms with van der Waals surface area (Å²) in [5.41, 5.74) is -0.587. The fourth-order valence-electron chi connectivity index (χ4n) is 1.06. The predicted molar refractivity (Wildman–Crippen MR) is 50.8 cm³/mol. The van der Waals surface area contributed by atoms with Crippen LogP contribution in [0.4, 0.5) is 13.2 Å². The SMILES string of the molecule is COSOCc1ccccc1C(F)(F)F. The van der Waals surface area contributed by atoms with Crippen molar-refractivity contribution in [1.29, 1.82) is 0 Å². The van der Waals surface area contributed by atoms with Crippen LogP contribution in [-0.2, 0) is 21.1 Å². The van der Waals surface area contributed by atoms with Crippen LogP contribution in [0.3, 0.4) is 0 Å². The highest BCUT2D eigenvalue weighted by Gasteiger charge is 2.32. The molecule has 84 valence electrons. The van der Waals surface area contributed by atoms with Gasteiger partial charge in [0.2, 0.25) is 0 Å². The maximum atomic E-state index is 12.5. The first-order valence-corrected chi connectivity index (χ1v) is 4.69. The Bertz CT molecular complexity index is 314. The molecule has 2 nitrogen and oxygen atoms in total. The maximum absolute atomic E-state index is 12.5. The van der Waals surface area contributed by atoms with Gasteiger partial charge in [0, 0.05) is 0 Å². The molecule has 0 saturated carbocycles. The van der Waals surface area contributed by atoms with E-state index in [9.17, 15) is 13.2 Å². The second-order valence-electron chi connectivity index (χ2n) is 2.65. The van der Waals surface area contributed by atoms with Crippen molar-refractivity contribution in [1.82, 2.24) is 0 Å². The summed E-state index contributed by atoms with van der Waals surface area (Å²) >= 11 is 0.655. The molecule has 0 N–H and O–H groups in total. The van der Waals surface area contributed by atoms with Crippen LogP contribution in [0.5, 0.6) is 0 Å². The summed E-state index contributed by atoms with van der Waals surface area (Å²) in [4.78, 5) is 0. The van der Waals surface area contributed by atoms with Crippen LogP contribution < -0.4 is 0 Å². The standard InChI is InChI=1S/C9H9F3O2S/c1-13-15-14-6-7-4-2-3-5-8(7)9(10,11)12/h2-5H,6H2,1H3. The fraction of sp³-hybridized carbons (Fsp3) is 0.333. The van der Waals surface area contributed by atoms with Gasteiger partial charge in [-0.2, -0.15) is 13.2 Å². The van der Waals surface area contributed by atoms with E-state index in [0.717, 1.165) is 6.07 Å². The summed E-state index contributed by atoms with van der Waals surface area (Å²) in [5.74, 6) is 0. The number of alkyl halides is 3. The van der Waals surface area contributed by atoms with Crippen LogP contribution in [-0.4, -0.2) is 7.11 Å². The third-order valence-electron chi connectivity index (χ3n) is 1.65. The summed E-state index contributed by atoms with van der Waals surface area (Å²) in [6.07, 6.45) is -4.35. The largest absolute Gasteiger partial charge is 0.416 e. The molecule has 0 unspecified atom stereocenters. The monoisotopic (exact) mass is 238 g/mol. The molecule has 0 amide bonds. The summed E-state index contributed by atoms with van der Waals surface area (Å²) in [6, 6.07) is 5.27. The first-order chi connectivity index (χ1) is 7.05. The molecule has 1 rings (SSSR count). The molecule has 0 heterocycles. The Morgan fingerprint density at radius 1 is 1.27 bits per heavy atom. The topological polar surface area (TPSA) is 18.5 Å². The molecular weight excluding hydrogens is 229 g/mol. The van der Waals surface area contributed by atoms with Crippen molar-refractivity contribution < 1.29 is 21.5 Å². The van der Waals surface area contributed by atoms with E-state index in [2.05, 4.69) is 4.18 Å². The quantitative estimate of drug-likeness (QED) is 0.591. The number of hydrogen-bond acceptors (Lipinski definition) is 3. The minimum Gasteiger partial charge on any atom is -0.295 e. The van der Waals surface area contributed by atoms with Crippen molar-refractivity contribution >= 4 is 12.3 Å². The van der Waals surface area contributed by atoms with Gasteiger partial charge in [0.25, 0.3) is 0 Å². The van der Waals surface area contributed by atoms with Gasteiger partial charge in [-0.15, -0.1) is 0 Å². The van der Waals surface area contributed by atoms with Crippen molar-refractivity contribution in [2.75, 3.05) is 7.11 Å². The number of halogens is 3. The summed E-state index contributed by atoms with van der Waals surface area (Å²) in [6.45, 7) is -0.145. The zero-order valence-electron chi connectivity index (χ0n) is 7.88. The highest BCUT2D eigenvalue weighted by atomic mass is 32.2. The molecule has 0 radical (unpaired) electrons. The van der Waals surface area contributed by atoms with Crippen LogP contribution in [0.2, 0.25) is 0 Å². The van der Waals surface area contributed by atoms with E-state index >= 15 is 0 Å². The molecule has 0 aromatic heterocycles. The lowest BCUT2D eigenvalue weighted by atomic mass is 10.1. The first-order valence-electron chi connectivity index (χ1n) is 4.03. The second kappa shape index (κ2) is 5.39. The highest BCUT2D eigenvalue weighted by Crippen LogP contribution is 2.32. The average molecular weight is 238 g/mol. The van der Waals surface area contributed by atoms with E-state index in [1.165, 1.54) is 25.3 Å². The lowest BCUT2D eigenvalue weighted by molar-refractivity contribution is -0.138. The molecule has 0 spiro atoms. The third kappa shape index (κ3) is 3.73. The van der Waals surface area contributed by atoms with Gasteiger partial charge < -0.3 is 0 Å². The zero-order chi connectivity index (χ0) is 11.3. The van der Waals surface area contributed by atoms with E-state index < -0.39 is 11.7 Å². The van der Waals surface area contributed by atoms with Gasteiger partial charge in [-0.3, -0.25) is 8.37 Å². The Kier molecular flexibility index (Phi) is 4.44. The number of rotatable bonds is 4. The van der Waals surface area contributed by atoms with Gasteiger partial charge >= 0.3 is 6.18 Å². The number of hydrogen-bond donors (Lipinski definition) is 0. The Morgan fingerprint density at radius 2 is 1.93 bits per heavy atom. The van der Waals surface area contributed by atoms with Crippen molar-refractivity contribution in [2.45, 2.75) is 12.8 Å². The second-order valence-corrected chi connectivity index (χ2v) is 3.36. The predicted octanol–water partition coefficient (Wildman–Crippen LogP) is 3.43. The third-order valence-corrected chi connectivity index (χ3v) is 2.00. The molecule has 0 fully saturated rings. The maximum Gasteiger partial charge on any atom is 0.416 e. The van der Waals surface area contributed by atoms with Gasteiger partial charge in [0.15, 0.2) is 12.3 Å². The van der Waals surface area contributed by atoms with Crippen LogP contribution in [0.25, 0.3) is 0 Å². The summed E-state index contributed by atoms with van der Waals surface area (Å²) in [5, 5.41) is 0. The molecule has 0 atom stereocenters. The molecule has 15 heavy (non-hydrogen) atoms. The van der Waals surface area contributed by atoms with Gasteiger partial charge in [-0.25, -0.2) is 0 Å². The molecule has 6 heteroatoms. The van der Waals surface area contributed by atoms with Crippen LogP contribution >= 0.6 is 12.3 Å². The van der Waals surface area contributed by atoms with Crippen molar-refractivity contribution in [3.63, 3.8) is 0 Å². The summed E-state index contributed by atoms with van der Waals surface area (Å²) in [7, 11) is 1.38. The fourth-order valence-corrected chi connectivity index (χ4v) is 1.33. The van der Waals surface area contributed by atoms with E-state index in [0.29, 0.717) is 12.3 Å².